The molecule has 0 bridgehead atoms. The number of rotatable bonds is 8. The van der Waals surface area contributed by atoms with E-state index in [0.717, 1.165) is 12.0 Å². The third kappa shape index (κ3) is 5.17. The quantitative estimate of drug-likeness (QED) is 0.640. The van der Waals surface area contributed by atoms with Crippen molar-refractivity contribution in [2.45, 2.75) is 32.4 Å². The van der Waals surface area contributed by atoms with Crippen LogP contribution in [-0.4, -0.2) is 61.1 Å². The zero-order valence-electron chi connectivity index (χ0n) is 17.5. The van der Waals surface area contributed by atoms with Crippen molar-refractivity contribution in [1.29, 1.82) is 0 Å². The second kappa shape index (κ2) is 10.0. The highest BCUT2D eigenvalue weighted by molar-refractivity contribution is 7.10. The first kappa shape index (κ1) is 22.2. The van der Waals surface area contributed by atoms with E-state index in [-0.39, 0.29) is 49.5 Å². The molecule has 8 heteroatoms. The number of thiophene rings is 1. The number of hydrogen-bond acceptors (Lipinski definition) is 5. The molecule has 2 aromatic rings. The van der Waals surface area contributed by atoms with Crippen LogP contribution in [0, 0.1) is 5.82 Å². The number of benzene rings is 1. The molecule has 1 aliphatic heterocycles. The molecular formula is C22H27FN2O4S. The van der Waals surface area contributed by atoms with Gasteiger partial charge in [-0.25, -0.2) is 4.39 Å². The van der Waals surface area contributed by atoms with Gasteiger partial charge in [-0.15, -0.1) is 11.3 Å². The third-order valence-corrected chi connectivity index (χ3v) is 6.15. The van der Waals surface area contributed by atoms with Crippen molar-refractivity contribution in [3.05, 3.63) is 52.0 Å². The molecule has 30 heavy (non-hydrogen) atoms. The molecule has 6 nitrogen and oxygen atoms in total. The topological polar surface area (TPSA) is 59.1 Å². The molecule has 0 fully saturated rings. The number of ether oxygens (including phenoxy) is 2. The van der Waals surface area contributed by atoms with E-state index in [1.54, 1.807) is 28.4 Å². The summed E-state index contributed by atoms with van der Waals surface area (Å²) in [7, 11) is 1.46. The molecular weight excluding hydrogens is 407 g/mol. The molecule has 1 unspecified atom stereocenters. The molecule has 0 spiro atoms. The minimum atomic E-state index is -0.327. The second-order valence-electron chi connectivity index (χ2n) is 7.47. The second-order valence-corrected chi connectivity index (χ2v) is 8.47. The van der Waals surface area contributed by atoms with Gasteiger partial charge in [-0.1, -0.05) is 0 Å². The van der Waals surface area contributed by atoms with Crippen molar-refractivity contribution in [3.8, 4) is 5.75 Å². The van der Waals surface area contributed by atoms with E-state index in [1.165, 1.54) is 29.0 Å². The Morgan fingerprint density at radius 2 is 2.00 bits per heavy atom. The summed E-state index contributed by atoms with van der Waals surface area (Å²) in [6.07, 6.45) is 0.777. The Kier molecular flexibility index (Phi) is 7.44. The SMILES string of the molecule is COCC(=O)N(CC(=O)N1CCc2sccc2C1COc1ccc(F)cc1)C(C)C. The summed E-state index contributed by atoms with van der Waals surface area (Å²) in [5.74, 6) is -0.123. The standard InChI is InChI=1S/C22H27FN2O4S/c1-15(2)25(22(27)14-28-3)12-21(26)24-10-8-20-18(9-11-30-20)19(24)13-29-17-6-4-16(23)5-7-17/h4-7,9,11,15,19H,8,10,12-14H2,1-3H3. The predicted molar refractivity (Wildman–Crippen MR) is 113 cm³/mol. The largest absolute Gasteiger partial charge is 0.491 e. The summed E-state index contributed by atoms with van der Waals surface area (Å²) in [5.41, 5.74) is 1.07. The Labute approximate surface area is 180 Å². The van der Waals surface area contributed by atoms with E-state index in [1.807, 2.05) is 25.3 Å². The van der Waals surface area contributed by atoms with Crippen LogP contribution in [0.5, 0.6) is 5.75 Å². The lowest BCUT2D eigenvalue weighted by Gasteiger charge is -2.37. The average molecular weight is 435 g/mol. The Morgan fingerprint density at radius 1 is 1.27 bits per heavy atom. The van der Waals surface area contributed by atoms with Gasteiger partial charge in [0.1, 0.15) is 31.3 Å². The fourth-order valence-corrected chi connectivity index (χ4v) is 4.51. The number of fused-ring (bicyclic) bond motifs is 1. The van der Waals surface area contributed by atoms with Crippen molar-refractivity contribution in [2.75, 3.05) is 33.4 Å². The first-order valence-electron chi connectivity index (χ1n) is 9.93. The van der Waals surface area contributed by atoms with Gasteiger partial charge >= 0.3 is 0 Å². The smallest absolute Gasteiger partial charge is 0.249 e. The number of methoxy groups -OCH3 is 1. The average Bonchev–Trinajstić information content (AvgIpc) is 3.20. The summed E-state index contributed by atoms with van der Waals surface area (Å²) in [4.78, 5) is 30.1. The summed E-state index contributed by atoms with van der Waals surface area (Å²) in [6.45, 7) is 4.51. The van der Waals surface area contributed by atoms with Crippen LogP contribution in [-0.2, 0) is 20.7 Å². The van der Waals surface area contributed by atoms with Crippen LogP contribution in [0.25, 0.3) is 0 Å². The van der Waals surface area contributed by atoms with E-state index in [4.69, 9.17) is 9.47 Å². The molecule has 162 valence electrons. The minimum Gasteiger partial charge on any atom is -0.491 e. The maximum absolute atomic E-state index is 13.2. The maximum atomic E-state index is 13.2. The monoisotopic (exact) mass is 434 g/mol. The zero-order chi connectivity index (χ0) is 21.7. The highest BCUT2D eigenvalue weighted by Crippen LogP contribution is 2.34. The number of hydrogen-bond donors (Lipinski definition) is 0. The van der Waals surface area contributed by atoms with Gasteiger partial charge in [-0.2, -0.15) is 0 Å². The molecule has 0 saturated heterocycles. The van der Waals surface area contributed by atoms with E-state index in [0.29, 0.717) is 12.3 Å². The van der Waals surface area contributed by atoms with E-state index >= 15 is 0 Å². The van der Waals surface area contributed by atoms with Crippen molar-refractivity contribution < 1.29 is 23.5 Å². The van der Waals surface area contributed by atoms with Crippen molar-refractivity contribution in [3.63, 3.8) is 0 Å². The Morgan fingerprint density at radius 3 is 2.67 bits per heavy atom. The summed E-state index contributed by atoms with van der Waals surface area (Å²) < 4.78 is 24.0. The molecule has 3 rings (SSSR count). The van der Waals surface area contributed by atoms with Crippen LogP contribution >= 0.6 is 11.3 Å². The van der Waals surface area contributed by atoms with Crippen LogP contribution in [0.3, 0.4) is 0 Å². The van der Waals surface area contributed by atoms with Gasteiger partial charge in [0.25, 0.3) is 0 Å². The molecule has 0 radical (unpaired) electrons. The highest BCUT2D eigenvalue weighted by Gasteiger charge is 2.33. The van der Waals surface area contributed by atoms with Gasteiger partial charge in [0.2, 0.25) is 11.8 Å². The lowest BCUT2D eigenvalue weighted by Crippen LogP contribution is -2.50. The van der Waals surface area contributed by atoms with Crippen molar-refractivity contribution >= 4 is 23.2 Å². The number of halogens is 1. The Bertz CT molecular complexity index is 868. The van der Waals surface area contributed by atoms with Gasteiger partial charge in [-0.05, 0) is 61.5 Å². The molecule has 2 heterocycles. The highest BCUT2D eigenvalue weighted by atomic mass is 32.1. The molecule has 0 saturated carbocycles. The summed E-state index contributed by atoms with van der Waals surface area (Å²) in [5, 5.41) is 2.02. The van der Waals surface area contributed by atoms with Crippen LogP contribution in [0.2, 0.25) is 0 Å². The Balaban J connectivity index is 1.76. The van der Waals surface area contributed by atoms with Crippen molar-refractivity contribution in [1.82, 2.24) is 9.80 Å². The fourth-order valence-electron chi connectivity index (χ4n) is 3.58. The van der Waals surface area contributed by atoms with Gasteiger partial charge in [0.15, 0.2) is 0 Å². The van der Waals surface area contributed by atoms with Crippen molar-refractivity contribution in [2.24, 2.45) is 0 Å². The summed E-state index contributed by atoms with van der Waals surface area (Å²) in [6, 6.07) is 7.48. The third-order valence-electron chi connectivity index (χ3n) is 5.15. The molecule has 0 aliphatic carbocycles. The Hall–Kier alpha value is -2.45. The molecule has 1 aromatic carbocycles. The lowest BCUT2D eigenvalue weighted by molar-refractivity contribution is -0.146. The molecule has 1 aromatic heterocycles. The lowest BCUT2D eigenvalue weighted by atomic mass is 10.0. The van der Waals surface area contributed by atoms with E-state index < -0.39 is 0 Å². The van der Waals surface area contributed by atoms with E-state index in [2.05, 4.69) is 0 Å². The molecule has 2 amide bonds. The number of carbonyl (C=O) groups excluding carboxylic acids is 2. The number of amides is 2. The fraction of sp³-hybridized carbons (Fsp3) is 0.455. The predicted octanol–water partition coefficient (Wildman–Crippen LogP) is 3.28. The molecule has 0 N–H and O–H groups in total. The minimum absolute atomic E-state index is 0.00756. The first-order valence-corrected chi connectivity index (χ1v) is 10.8. The van der Waals surface area contributed by atoms with Gasteiger partial charge in [0.05, 0.1) is 6.04 Å². The summed E-state index contributed by atoms with van der Waals surface area (Å²) >= 11 is 1.67. The number of nitrogens with zero attached hydrogens (tertiary/aromatic N) is 2. The van der Waals surface area contributed by atoms with Crippen LogP contribution in [0.4, 0.5) is 4.39 Å². The first-order chi connectivity index (χ1) is 14.4. The van der Waals surface area contributed by atoms with Crippen LogP contribution in [0.15, 0.2) is 35.7 Å². The molecule has 1 atom stereocenters. The van der Waals surface area contributed by atoms with Gasteiger partial charge < -0.3 is 19.3 Å². The van der Waals surface area contributed by atoms with Crippen LogP contribution < -0.4 is 4.74 Å². The number of carbonyl (C=O) groups is 2. The normalized spacial score (nSPS) is 15.8. The van der Waals surface area contributed by atoms with Gasteiger partial charge in [-0.3, -0.25) is 9.59 Å². The van der Waals surface area contributed by atoms with E-state index in [9.17, 15) is 14.0 Å². The zero-order valence-corrected chi connectivity index (χ0v) is 18.3. The van der Waals surface area contributed by atoms with Crippen LogP contribution in [0.1, 0.15) is 30.3 Å². The maximum Gasteiger partial charge on any atom is 0.249 e. The van der Waals surface area contributed by atoms with Gasteiger partial charge in [0, 0.05) is 24.6 Å². The molecule has 1 aliphatic rings.